The molecule has 1 heterocycles. The Labute approximate surface area is 122 Å². The predicted octanol–water partition coefficient (Wildman–Crippen LogP) is 3.30. The van der Waals surface area contributed by atoms with Crippen molar-refractivity contribution in [1.82, 2.24) is 5.32 Å². The second-order valence-corrected chi connectivity index (χ2v) is 5.05. The van der Waals surface area contributed by atoms with Gasteiger partial charge in [-0.25, -0.2) is 4.79 Å². The third-order valence-electron chi connectivity index (χ3n) is 3.01. The molecular weight excluding hydrogens is 285 g/mol. The molecule has 0 spiro atoms. The smallest absolute Gasteiger partial charge is 0.335 e. The molecule has 0 unspecified atom stereocenters. The summed E-state index contributed by atoms with van der Waals surface area (Å²) in [6.07, 6.45) is 0.770. The Morgan fingerprint density at radius 1 is 1.37 bits per heavy atom. The summed E-state index contributed by atoms with van der Waals surface area (Å²) in [5.41, 5.74) is 2.58. The molecule has 0 fully saturated rings. The van der Waals surface area contributed by atoms with E-state index in [0.717, 1.165) is 24.1 Å². The van der Waals surface area contributed by atoms with Gasteiger partial charge >= 0.3 is 5.97 Å². The fourth-order valence-electron chi connectivity index (χ4n) is 2.10. The van der Waals surface area contributed by atoms with Gasteiger partial charge in [-0.2, -0.15) is 0 Å². The summed E-state index contributed by atoms with van der Waals surface area (Å²) in [4.78, 5) is 12.0. The van der Waals surface area contributed by atoms with E-state index in [2.05, 4.69) is 5.32 Å². The van der Waals surface area contributed by atoms with Crippen LogP contribution in [0.2, 0.25) is 10.0 Å². The first kappa shape index (κ1) is 14.4. The SMILES string of the molecule is CCOC(=O)C1=C(c2ccc(Cl)c(Cl)c2)CCNC1. The van der Waals surface area contributed by atoms with Crippen LogP contribution in [0.15, 0.2) is 23.8 Å². The van der Waals surface area contributed by atoms with Crippen LogP contribution in [0, 0.1) is 0 Å². The van der Waals surface area contributed by atoms with Crippen LogP contribution in [-0.4, -0.2) is 25.7 Å². The van der Waals surface area contributed by atoms with E-state index in [-0.39, 0.29) is 5.97 Å². The van der Waals surface area contributed by atoms with Gasteiger partial charge in [0.25, 0.3) is 0 Å². The molecule has 0 saturated heterocycles. The third kappa shape index (κ3) is 3.30. The average molecular weight is 300 g/mol. The van der Waals surface area contributed by atoms with Crippen LogP contribution in [-0.2, 0) is 9.53 Å². The Bertz CT molecular complexity index is 526. The largest absolute Gasteiger partial charge is 0.463 e. The fourth-order valence-corrected chi connectivity index (χ4v) is 2.40. The van der Waals surface area contributed by atoms with Gasteiger partial charge in [-0.1, -0.05) is 29.3 Å². The normalized spacial score (nSPS) is 15.5. The maximum atomic E-state index is 12.0. The highest BCUT2D eigenvalue weighted by molar-refractivity contribution is 6.42. The van der Waals surface area contributed by atoms with Crippen molar-refractivity contribution in [3.8, 4) is 0 Å². The Hall–Kier alpha value is -1.03. The van der Waals surface area contributed by atoms with Gasteiger partial charge in [0.1, 0.15) is 0 Å². The van der Waals surface area contributed by atoms with Gasteiger partial charge < -0.3 is 10.1 Å². The topological polar surface area (TPSA) is 38.3 Å². The van der Waals surface area contributed by atoms with Gasteiger partial charge in [0.15, 0.2) is 0 Å². The lowest BCUT2D eigenvalue weighted by atomic mass is 9.94. The number of rotatable bonds is 3. The molecule has 0 saturated carbocycles. The molecule has 0 radical (unpaired) electrons. The van der Waals surface area contributed by atoms with E-state index in [0.29, 0.717) is 28.8 Å². The van der Waals surface area contributed by atoms with Crippen molar-refractivity contribution in [3.63, 3.8) is 0 Å². The van der Waals surface area contributed by atoms with Crippen molar-refractivity contribution >= 4 is 34.7 Å². The summed E-state index contributed by atoms with van der Waals surface area (Å²) in [7, 11) is 0. The first-order valence-corrected chi connectivity index (χ1v) is 6.94. The quantitative estimate of drug-likeness (QED) is 0.870. The summed E-state index contributed by atoms with van der Waals surface area (Å²) in [6.45, 7) is 3.53. The zero-order chi connectivity index (χ0) is 13.8. The monoisotopic (exact) mass is 299 g/mol. The van der Waals surface area contributed by atoms with E-state index < -0.39 is 0 Å². The van der Waals surface area contributed by atoms with E-state index in [9.17, 15) is 4.79 Å². The molecule has 1 aromatic rings. The lowest BCUT2D eigenvalue weighted by Gasteiger charge is -2.20. The molecule has 1 N–H and O–H groups in total. The molecule has 3 nitrogen and oxygen atoms in total. The molecule has 0 aromatic heterocycles. The number of hydrogen-bond acceptors (Lipinski definition) is 3. The second kappa shape index (κ2) is 6.42. The Morgan fingerprint density at radius 3 is 2.84 bits per heavy atom. The zero-order valence-electron chi connectivity index (χ0n) is 10.6. The van der Waals surface area contributed by atoms with Crippen LogP contribution >= 0.6 is 23.2 Å². The van der Waals surface area contributed by atoms with Crippen molar-refractivity contribution < 1.29 is 9.53 Å². The summed E-state index contributed by atoms with van der Waals surface area (Å²) >= 11 is 12.0. The highest BCUT2D eigenvalue weighted by atomic mass is 35.5. The van der Waals surface area contributed by atoms with E-state index in [4.69, 9.17) is 27.9 Å². The van der Waals surface area contributed by atoms with Crippen LogP contribution in [0.25, 0.3) is 5.57 Å². The molecule has 102 valence electrons. The molecule has 19 heavy (non-hydrogen) atoms. The van der Waals surface area contributed by atoms with Gasteiger partial charge in [0.05, 0.1) is 22.2 Å². The van der Waals surface area contributed by atoms with Crippen molar-refractivity contribution in [2.24, 2.45) is 0 Å². The van der Waals surface area contributed by atoms with Crippen LogP contribution in [0.5, 0.6) is 0 Å². The minimum atomic E-state index is -0.268. The molecule has 0 atom stereocenters. The average Bonchev–Trinajstić information content (AvgIpc) is 2.42. The first-order chi connectivity index (χ1) is 9.13. The molecule has 1 aromatic carbocycles. The van der Waals surface area contributed by atoms with Crippen LogP contribution in [0.1, 0.15) is 18.9 Å². The van der Waals surface area contributed by atoms with Crippen molar-refractivity contribution in [3.05, 3.63) is 39.4 Å². The fraction of sp³-hybridized carbons (Fsp3) is 0.357. The minimum Gasteiger partial charge on any atom is -0.463 e. The molecule has 2 rings (SSSR count). The lowest BCUT2D eigenvalue weighted by Crippen LogP contribution is -2.29. The van der Waals surface area contributed by atoms with Gasteiger partial charge in [0.2, 0.25) is 0 Å². The van der Waals surface area contributed by atoms with E-state index >= 15 is 0 Å². The number of carbonyl (C=O) groups excluding carboxylic acids is 1. The highest BCUT2D eigenvalue weighted by Crippen LogP contribution is 2.30. The predicted molar refractivity (Wildman–Crippen MR) is 77.5 cm³/mol. The van der Waals surface area contributed by atoms with Crippen molar-refractivity contribution in [2.75, 3.05) is 19.7 Å². The van der Waals surface area contributed by atoms with E-state index in [1.165, 1.54) is 0 Å². The van der Waals surface area contributed by atoms with Crippen molar-refractivity contribution in [1.29, 1.82) is 0 Å². The maximum Gasteiger partial charge on any atom is 0.335 e. The number of halogens is 2. The molecule has 0 aliphatic carbocycles. The van der Waals surface area contributed by atoms with Crippen LogP contribution < -0.4 is 5.32 Å². The number of ether oxygens (including phenoxy) is 1. The van der Waals surface area contributed by atoms with Crippen LogP contribution in [0.4, 0.5) is 0 Å². The zero-order valence-corrected chi connectivity index (χ0v) is 12.1. The Balaban J connectivity index is 2.41. The Kier molecular flexibility index (Phi) is 4.86. The van der Waals surface area contributed by atoms with E-state index in [1.54, 1.807) is 19.1 Å². The second-order valence-electron chi connectivity index (χ2n) is 4.23. The lowest BCUT2D eigenvalue weighted by molar-refractivity contribution is -0.138. The number of esters is 1. The van der Waals surface area contributed by atoms with Gasteiger partial charge in [0, 0.05) is 6.54 Å². The van der Waals surface area contributed by atoms with Crippen molar-refractivity contribution in [2.45, 2.75) is 13.3 Å². The summed E-state index contributed by atoms with van der Waals surface area (Å²) < 4.78 is 5.09. The van der Waals surface area contributed by atoms with Gasteiger partial charge in [-0.05, 0) is 43.2 Å². The van der Waals surface area contributed by atoms with Crippen LogP contribution in [0.3, 0.4) is 0 Å². The molecule has 1 aliphatic rings. The third-order valence-corrected chi connectivity index (χ3v) is 3.75. The van der Waals surface area contributed by atoms with Gasteiger partial charge in [-0.3, -0.25) is 0 Å². The molecular formula is C14H15Cl2NO2. The van der Waals surface area contributed by atoms with E-state index in [1.807, 2.05) is 6.07 Å². The minimum absolute atomic E-state index is 0.268. The summed E-state index contributed by atoms with van der Waals surface area (Å²) in [6, 6.07) is 5.43. The number of hydrogen-bond donors (Lipinski definition) is 1. The standard InChI is InChI=1S/C14H15Cl2NO2/c1-2-19-14(18)11-8-17-6-5-10(11)9-3-4-12(15)13(16)7-9/h3-4,7,17H,2,5-6,8H2,1H3. The summed E-state index contributed by atoms with van der Waals surface area (Å²) in [5, 5.41) is 4.19. The maximum absolute atomic E-state index is 12.0. The molecule has 5 heteroatoms. The molecule has 1 aliphatic heterocycles. The Morgan fingerprint density at radius 2 is 2.16 bits per heavy atom. The number of carbonyl (C=O) groups is 1. The number of benzene rings is 1. The van der Waals surface area contributed by atoms with Gasteiger partial charge in [-0.15, -0.1) is 0 Å². The highest BCUT2D eigenvalue weighted by Gasteiger charge is 2.21. The number of nitrogens with one attached hydrogen (secondary N) is 1. The first-order valence-electron chi connectivity index (χ1n) is 6.18. The molecule has 0 bridgehead atoms. The summed E-state index contributed by atoms with van der Waals surface area (Å²) in [5.74, 6) is -0.268. The molecule has 0 amide bonds.